The molecule has 2 aliphatic rings. The number of carbonyl (C=O) groups excluding carboxylic acids is 1. The van der Waals surface area contributed by atoms with Crippen molar-refractivity contribution in [1.82, 2.24) is 4.98 Å². The maximum atomic E-state index is 13.1. The summed E-state index contributed by atoms with van der Waals surface area (Å²) in [5.74, 6) is 2.00. The fraction of sp³-hybridized carbons (Fsp3) is 0.231. The molecule has 162 valence electrons. The van der Waals surface area contributed by atoms with Gasteiger partial charge in [0.25, 0.3) is 0 Å². The number of amides is 1. The molecule has 1 aromatic heterocycles. The number of ether oxygens (including phenoxy) is 2. The van der Waals surface area contributed by atoms with E-state index in [2.05, 4.69) is 23.3 Å². The van der Waals surface area contributed by atoms with Gasteiger partial charge in [0.2, 0.25) is 18.6 Å². The average molecular weight is 428 g/mol. The fourth-order valence-corrected chi connectivity index (χ4v) is 4.41. The van der Waals surface area contributed by atoms with E-state index in [1.807, 2.05) is 55.5 Å². The van der Waals surface area contributed by atoms with Crippen molar-refractivity contribution in [3.8, 4) is 23.0 Å². The molecule has 1 aliphatic heterocycles. The number of oxazole rings is 1. The first-order valence-electron chi connectivity index (χ1n) is 10.7. The lowest BCUT2D eigenvalue weighted by Crippen LogP contribution is -2.27. The first kappa shape index (κ1) is 18.9. The van der Waals surface area contributed by atoms with E-state index in [1.54, 1.807) is 0 Å². The van der Waals surface area contributed by atoms with Gasteiger partial charge >= 0.3 is 0 Å². The minimum absolute atomic E-state index is 0. The molecule has 4 aromatic rings. The van der Waals surface area contributed by atoms with E-state index < -0.39 is 5.41 Å². The number of fused-ring (bicyclic) bond motifs is 2. The Morgan fingerprint density at radius 1 is 1.00 bits per heavy atom. The van der Waals surface area contributed by atoms with Gasteiger partial charge in [0.05, 0.1) is 5.41 Å². The molecule has 3 aromatic carbocycles. The molecule has 6 nitrogen and oxygen atoms in total. The van der Waals surface area contributed by atoms with Crippen molar-refractivity contribution in [3.05, 3.63) is 71.3 Å². The van der Waals surface area contributed by atoms with Crippen molar-refractivity contribution in [2.75, 3.05) is 12.1 Å². The van der Waals surface area contributed by atoms with E-state index in [0.717, 1.165) is 57.6 Å². The number of nitrogens with zero attached hydrogens (tertiary/aromatic N) is 1. The van der Waals surface area contributed by atoms with Gasteiger partial charge in [-0.1, -0.05) is 12.1 Å². The Labute approximate surface area is 186 Å². The highest BCUT2D eigenvalue weighted by atomic mass is 16.7. The van der Waals surface area contributed by atoms with Gasteiger partial charge in [-0.2, -0.15) is 0 Å². The number of nitrogens with one attached hydrogen (secondary N) is 1. The lowest BCUT2D eigenvalue weighted by atomic mass is 9.94. The van der Waals surface area contributed by atoms with Crippen LogP contribution in [0.2, 0.25) is 0 Å². The predicted octanol–water partition coefficient (Wildman–Crippen LogP) is 5.76. The largest absolute Gasteiger partial charge is 0.454 e. The van der Waals surface area contributed by atoms with E-state index >= 15 is 0 Å². The molecule has 0 unspecified atom stereocenters. The Balaban J connectivity index is 0.00000228. The van der Waals surface area contributed by atoms with Crippen molar-refractivity contribution in [3.63, 3.8) is 0 Å². The number of benzene rings is 3. The number of rotatable bonds is 4. The summed E-state index contributed by atoms with van der Waals surface area (Å²) in [6, 6.07) is 17.5. The van der Waals surface area contributed by atoms with Gasteiger partial charge in [-0.15, -0.1) is 0 Å². The molecule has 1 aliphatic carbocycles. The quantitative estimate of drug-likeness (QED) is 0.448. The van der Waals surface area contributed by atoms with Gasteiger partial charge in [-0.25, -0.2) is 4.98 Å². The zero-order chi connectivity index (χ0) is 21.9. The molecule has 1 fully saturated rings. The summed E-state index contributed by atoms with van der Waals surface area (Å²) in [5, 5.41) is 3.07. The smallest absolute Gasteiger partial charge is 0.235 e. The number of hydrogen-bond donors (Lipinski definition) is 1. The van der Waals surface area contributed by atoms with Crippen molar-refractivity contribution >= 4 is 22.7 Å². The van der Waals surface area contributed by atoms with Gasteiger partial charge in [-0.3, -0.25) is 4.79 Å². The molecule has 1 amide bonds. The third-order valence-electron chi connectivity index (χ3n) is 6.32. The molecule has 2 heterocycles. The molecule has 6 heteroatoms. The Hall–Kier alpha value is -3.80. The van der Waals surface area contributed by atoms with Gasteiger partial charge in [0.15, 0.2) is 17.1 Å². The van der Waals surface area contributed by atoms with Crippen LogP contribution in [0.4, 0.5) is 5.69 Å². The highest BCUT2D eigenvalue weighted by Crippen LogP contribution is 2.51. The number of anilines is 1. The minimum atomic E-state index is -0.505. The second-order valence-electron chi connectivity index (χ2n) is 8.63. The summed E-state index contributed by atoms with van der Waals surface area (Å²) in [5.41, 5.74) is 5.96. The maximum Gasteiger partial charge on any atom is 0.235 e. The van der Waals surface area contributed by atoms with Crippen LogP contribution in [0, 0.1) is 13.8 Å². The topological polar surface area (TPSA) is 73.6 Å². The monoisotopic (exact) mass is 428 g/mol. The minimum Gasteiger partial charge on any atom is -0.454 e. The molecule has 0 saturated heterocycles. The summed E-state index contributed by atoms with van der Waals surface area (Å²) < 4.78 is 16.9. The second kappa shape index (κ2) is 6.85. The second-order valence-corrected chi connectivity index (χ2v) is 8.63. The normalized spacial score (nSPS) is 15.7. The van der Waals surface area contributed by atoms with E-state index in [4.69, 9.17) is 13.9 Å². The highest BCUT2D eigenvalue weighted by molar-refractivity contribution is 6.01. The Morgan fingerprint density at radius 3 is 2.56 bits per heavy atom. The SMILES string of the molecule is Cc1cc(C)c2oc(-c3ccc(NC(=O)C4(c5ccc6c(c5)OCO6)CC4)cc3)nc2c1.[HH]. The van der Waals surface area contributed by atoms with E-state index in [0.29, 0.717) is 11.6 Å². The van der Waals surface area contributed by atoms with Crippen LogP contribution in [0.15, 0.2) is 59.0 Å². The first-order chi connectivity index (χ1) is 15.5. The van der Waals surface area contributed by atoms with E-state index in [9.17, 15) is 4.79 Å². The van der Waals surface area contributed by atoms with Crippen LogP contribution in [0.5, 0.6) is 11.5 Å². The zero-order valence-electron chi connectivity index (χ0n) is 17.9. The zero-order valence-corrected chi connectivity index (χ0v) is 17.9. The van der Waals surface area contributed by atoms with Crippen LogP contribution >= 0.6 is 0 Å². The molecule has 0 bridgehead atoms. The van der Waals surface area contributed by atoms with Crippen LogP contribution in [-0.2, 0) is 10.2 Å². The molecule has 0 radical (unpaired) electrons. The summed E-state index contributed by atoms with van der Waals surface area (Å²) in [6.45, 7) is 4.30. The maximum absolute atomic E-state index is 13.1. The van der Waals surface area contributed by atoms with Gasteiger partial charge in [0.1, 0.15) is 5.52 Å². The van der Waals surface area contributed by atoms with Crippen molar-refractivity contribution in [2.24, 2.45) is 0 Å². The summed E-state index contributed by atoms with van der Waals surface area (Å²) in [7, 11) is 0. The summed E-state index contributed by atoms with van der Waals surface area (Å²) in [4.78, 5) is 17.8. The Morgan fingerprint density at radius 2 is 1.78 bits per heavy atom. The number of hydrogen-bond acceptors (Lipinski definition) is 5. The van der Waals surface area contributed by atoms with E-state index in [-0.39, 0.29) is 14.1 Å². The lowest BCUT2D eigenvalue weighted by molar-refractivity contribution is -0.118. The average Bonchev–Trinajstić information content (AvgIpc) is 3.27. The van der Waals surface area contributed by atoms with Crippen molar-refractivity contribution in [2.45, 2.75) is 32.1 Å². The van der Waals surface area contributed by atoms with Gasteiger partial charge in [0, 0.05) is 12.7 Å². The van der Waals surface area contributed by atoms with Gasteiger partial charge < -0.3 is 19.2 Å². The molecule has 32 heavy (non-hydrogen) atoms. The van der Waals surface area contributed by atoms with E-state index in [1.165, 1.54) is 0 Å². The number of carbonyl (C=O) groups is 1. The molecule has 0 spiro atoms. The standard InChI is InChI=1S/C26H22N2O4.H2/c1-15-11-16(2)23-20(12-15)28-24(32-23)17-3-6-19(7-4-17)27-25(29)26(9-10-26)18-5-8-21-22(13-18)31-14-30-21;/h3-8,11-13H,9-10,14H2,1-2H3,(H,27,29);1H. The molecule has 0 atom stereocenters. The van der Waals surface area contributed by atoms with Crippen LogP contribution in [0.3, 0.4) is 0 Å². The molecular formula is C26H24N2O4. The molecule has 1 N–H and O–H groups in total. The summed E-state index contributed by atoms with van der Waals surface area (Å²) >= 11 is 0. The van der Waals surface area contributed by atoms with Crippen LogP contribution in [0.25, 0.3) is 22.6 Å². The lowest BCUT2D eigenvalue weighted by Gasteiger charge is -2.16. The Kier molecular flexibility index (Phi) is 4.05. The first-order valence-corrected chi connectivity index (χ1v) is 10.7. The predicted molar refractivity (Wildman–Crippen MR) is 123 cm³/mol. The molecular weight excluding hydrogens is 404 g/mol. The van der Waals surface area contributed by atoms with Crippen molar-refractivity contribution < 1.29 is 20.1 Å². The third kappa shape index (κ3) is 3.02. The fourth-order valence-electron chi connectivity index (χ4n) is 4.41. The van der Waals surface area contributed by atoms with Crippen LogP contribution in [0.1, 0.15) is 31.0 Å². The molecule has 6 rings (SSSR count). The number of aryl methyl sites for hydroxylation is 2. The van der Waals surface area contributed by atoms with Crippen molar-refractivity contribution in [1.29, 1.82) is 0 Å². The van der Waals surface area contributed by atoms with Crippen LogP contribution in [-0.4, -0.2) is 17.7 Å². The van der Waals surface area contributed by atoms with Crippen LogP contribution < -0.4 is 14.8 Å². The summed E-state index contributed by atoms with van der Waals surface area (Å²) in [6.07, 6.45) is 1.64. The number of aromatic nitrogens is 1. The highest BCUT2D eigenvalue weighted by Gasteiger charge is 2.51. The third-order valence-corrected chi connectivity index (χ3v) is 6.32. The Bertz CT molecular complexity index is 1370. The van der Waals surface area contributed by atoms with Gasteiger partial charge in [-0.05, 0) is 85.8 Å². The molecule has 1 saturated carbocycles.